The monoisotopic (exact) mass is 461 g/mol. The number of rotatable bonds is 4. The normalized spacial score (nSPS) is 16.8. The highest BCUT2D eigenvalue weighted by molar-refractivity contribution is 6.04. The topological polar surface area (TPSA) is 102 Å². The Hall–Kier alpha value is -3.89. The maximum Gasteiger partial charge on any atom is 0.471 e. The van der Waals surface area contributed by atoms with Crippen molar-refractivity contribution in [3.05, 3.63) is 74.8 Å². The van der Waals surface area contributed by atoms with Crippen molar-refractivity contribution in [2.24, 2.45) is 0 Å². The van der Waals surface area contributed by atoms with Crippen LogP contribution in [0.1, 0.15) is 35.3 Å². The Morgan fingerprint density at radius 2 is 1.91 bits per heavy atom. The maximum absolute atomic E-state index is 13.2. The van der Waals surface area contributed by atoms with Gasteiger partial charge in [0.15, 0.2) is 0 Å². The van der Waals surface area contributed by atoms with Crippen LogP contribution < -0.4 is 10.1 Å². The summed E-state index contributed by atoms with van der Waals surface area (Å²) < 4.78 is 44.4. The molecule has 0 aromatic heterocycles. The Kier molecular flexibility index (Phi) is 5.14. The molecule has 2 aromatic rings. The van der Waals surface area contributed by atoms with E-state index in [9.17, 15) is 32.9 Å². The van der Waals surface area contributed by atoms with Gasteiger partial charge in [-0.2, -0.15) is 13.2 Å². The third kappa shape index (κ3) is 3.90. The predicted molar refractivity (Wildman–Crippen MR) is 110 cm³/mol. The summed E-state index contributed by atoms with van der Waals surface area (Å²) in [5.41, 5.74) is 0.137. The Labute approximate surface area is 185 Å². The van der Waals surface area contributed by atoms with Gasteiger partial charge in [-0.3, -0.25) is 19.7 Å². The zero-order valence-electron chi connectivity index (χ0n) is 17.5. The number of benzene rings is 2. The van der Waals surface area contributed by atoms with Crippen LogP contribution in [-0.4, -0.2) is 40.0 Å². The summed E-state index contributed by atoms with van der Waals surface area (Å²) in [6.07, 6.45) is -5.10. The number of ether oxygens (including phenoxy) is 1. The van der Waals surface area contributed by atoms with Crippen molar-refractivity contribution in [1.29, 1.82) is 0 Å². The summed E-state index contributed by atoms with van der Waals surface area (Å²) >= 11 is 0. The second-order valence-corrected chi connectivity index (χ2v) is 8.11. The van der Waals surface area contributed by atoms with E-state index in [4.69, 9.17) is 4.74 Å². The van der Waals surface area contributed by atoms with Gasteiger partial charge in [0.25, 0.3) is 11.6 Å². The number of hydrogen-bond donors (Lipinski definition) is 1. The Bertz CT molecular complexity index is 1220. The lowest BCUT2D eigenvalue weighted by Crippen LogP contribution is -2.45. The van der Waals surface area contributed by atoms with E-state index >= 15 is 0 Å². The maximum atomic E-state index is 13.2. The molecular formula is C22H18F3N3O5. The van der Waals surface area contributed by atoms with Crippen molar-refractivity contribution in [3.8, 4) is 5.75 Å². The minimum Gasteiger partial charge on any atom is -0.483 e. The van der Waals surface area contributed by atoms with Crippen LogP contribution in [0.25, 0.3) is 5.70 Å². The Balaban J connectivity index is 1.89. The number of nitro groups is 1. The summed E-state index contributed by atoms with van der Waals surface area (Å²) in [5.74, 6) is -2.32. The molecule has 0 spiro atoms. The first kappa shape index (κ1) is 22.3. The number of alkyl halides is 3. The number of carbonyl (C=O) groups is 2. The van der Waals surface area contributed by atoms with Crippen molar-refractivity contribution >= 4 is 23.2 Å². The Morgan fingerprint density at radius 1 is 1.21 bits per heavy atom. The van der Waals surface area contributed by atoms with E-state index in [0.717, 1.165) is 0 Å². The van der Waals surface area contributed by atoms with Crippen LogP contribution in [0.3, 0.4) is 0 Å². The van der Waals surface area contributed by atoms with E-state index in [1.165, 1.54) is 23.1 Å². The molecule has 1 N–H and O–H groups in total. The number of hydrogen-bond acceptors (Lipinski definition) is 5. The van der Waals surface area contributed by atoms with Crippen LogP contribution in [0.2, 0.25) is 0 Å². The van der Waals surface area contributed by atoms with Crippen molar-refractivity contribution in [3.63, 3.8) is 0 Å². The van der Waals surface area contributed by atoms with Crippen LogP contribution in [0.15, 0.2) is 48.0 Å². The number of amides is 2. The smallest absolute Gasteiger partial charge is 0.471 e. The molecule has 0 aliphatic carbocycles. The van der Waals surface area contributed by atoms with E-state index in [1.54, 1.807) is 38.1 Å². The van der Waals surface area contributed by atoms with Crippen LogP contribution >= 0.6 is 0 Å². The lowest BCUT2D eigenvalue weighted by molar-refractivity contribution is -0.384. The molecule has 0 bridgehead atoms. The third-order valence-corrected chi connectivity index (χ3v) is 5.58. The van der Waals surface area contributed by atoms with Gasteiger partial charge in [-0.1, -0.05) is 18.2 Å². The molecule has 0 unspecified atom stereocenters. The van der Waals surface area contributed by atoms with Crippen LogP contribution in [0.4, 0.5) is 18.9 Å². The Morgan fingerprint density at radius 3 is 2.55 bits per heavy atom. The minimum absolute atomic E-state index is 0.110. The fraction of sp³-hybridized carbons (Fsp3) is 0.273. The average Bonchev–Trinajstić information content (AvgIpc) is 3.06. The largest absolute Gasteiger partial charge is 0.483 e. The molecule has 0 fully saturated rings. The number of nitrogens with one attached hydrogen (secondary N) is 1. The molecule has 0 saturated heterocycles. The summed E-state index contributed by atoms with van der Waals surface area (Å²) in [4.78, 5) is 36.8. The second kappa shape index (κ2) is 7.61. The van der Waals surface area contributed by atoms with Gasteiger partial charge in [0, 0.05) is 35.4 Å². The van der Waals surface area contributed by atoms with Crippen LogP contribution in [0.5, 0.6) is 5.75 Å². The number of nitrogens with zero attached hydrogens (tertiary/aromatic N) is 2. The lowest BCUT2D eigenvalue weighted by atomic mass is 9.88. The predicted octanol–water partition coefficient (Wildman–Crippen LogP) is 3.81. The SMILES string of the molecule is CC1(C)Oc2ccc([N+](=O)[O-])cc2C(N2Cc3ccccc3C2=O)=C1CNC(=O)C(F)(F)F. The highest BCUT2D eigenvalue weighted by Crippen LogP contribution is 2.45. The molecule has 0 saturated carbocycles. The summed E-state index contributed by atoms with van der Waals surface area (Å²) in [7, 11) is 0. The molecule has 2 amide bonds. The van der Waals surface area contributed by atoms with Crippen molar-refractivity contribution < 1.29 is 32.4 Å². The lowest BCUT2D eigenvalue weighted by Gasteiger charge is -2.39. The van der Waals surface area contributed by atoms with Gasteiger partial charge in [-0.05, 0) is 31.5 Å². The fourth-order valence-electron chi connectivity index (χ4n) is 4.00. The number of halogens is 3. The molecule has 8 nitrogen and oxygen atoms in total. The summed E-state index contributed by atoms with van der Waals surface area (Å²) in [6, 6.07) is 10.6. The zero-order valence-corrected chi connectivity index (χ0v) is 17.5. The van der Waals surface area contributed by atoms with E-state index in [0.29, 0.717) is 11.1 Å². The number of carbonyl (C=O) groups excluding carboxylic acids is 2. The van der Waals surface area contributed by atoms with Gasteiger partial charge >= 0.3 is 12.1 Å². The standard InChI is InChI=1S/C22H18F3N3O5/c1-21(2)16(10-26-20(30)22(23,24)25)18(15-9-13(28(31)32)7-8-17(15)33-21)27-11-12-5-3-4-6-14(12)19(27)29/h3-9H,10-11H2,1-2H3,(H,26,30). The number of nitro benzene ring substituents is 1. The van der Waals surface area contributed by atoms with Crippen molar-refractivity contribution in [1.82, 2.24) is 10.2 Å². The van der Waals surface area contributed by atoms with Gasteiger partial charge in [0.2, 0.25) is 0 Å². The zero-order chi connectivity index (χ0) is 24.1. The quantitative estimate of drug-likeness (QED) is 0.551. The molecule has 2 aliphatic rings. The van der Waals surface area contributed by atoms with E-state index in [1.807, 2.05) is 5.32 Å². The van der Waals surface area contributed by atoms with Crippen LogP contribution in [0, 0.1) is 10.1 Å². The molecule has 33 heavy (non-hydrogen) atoms. The number of fused-ring (bicyclic) bond motifs is 2. The molecule has 11 heteroatoms. The third-order valence-electron chi connectivity index (χ3n) is 5.58. The summed E-state index contributed by atoms with van der Waals surface area (Å²) in [5, 5.41) is 13.2. The second-order valence-electron chi connectivity index (χ2n) is 8.11. The highest BCUT2D eigenvalue weighted by atomic mass is 19.4. The van der Waals surface area contributed by atoms with Gasteiger partial charge in [-0.25, -0.2) is 0 Å². The number of non-ortho nitro benzene ring substituents is 1. The van der Waals surface area contributed by atoms with E-state index < -0.39 is 35.1 Å². The van der Waals surface area contributed by atoms with E-state index in [2.05, 4.69) is 0 Å². The molecule has 2 heterocycles. The minimum atomic E-state index is -5.10. The van der Waals surface area contributed by atoms with E-state index in [-0.39, 0.29) is 34.8 Å². The average molecular weight is 461 g/mol. The van der Waals surface area contributed by atoms with Crippen LogP contribution in [-0.2, 0) is 11.3 Å². The molecule has 2 aromatic carbocycles. The van der Waals surface area contributed by atoms with Crippen molar-refractivity contribution in [2.45, 2.75) is 32.2 Å². The van der Waals surface area contributed by atoms with Gasteiger partial charge in [0.1, 0.15) is 11.4 Å². The van der Waals surface area contributed by atoms with Crippen molar-refractivity contribution in [2.75, 3.05) is 6.54 Å². The molecular weight excluding hydrogens is 443 g/mol. The molecule has 0 atom stereocenters. The van der Waals surface area contributed by atoms with Gasteiger partial charge < -0.3 is 15.0 Å². The highest BCUT2D eigenvalue weighted by Gasteiger charge is 2.43. The fourth-order valence-corrected chi connectivity index (χ4v) is 4.00. The summed E-state index contributed by atoms with van der Waals surface area (Å²) in [6.45, 7) is 2.70. The first-order chi connectivity index (χ1) is 15.4. The molecule has 4 rings (SSSR count). The molecule has 0 radical (unpaired) electrons. The van der Waals surface area contributed by atoms with Gasteiger partial charge in [0.05, 0.1) is 17.2 Å². The first-order valence-corrected chi connectivity index (χ1v) is 9.86. The van der Waals surface area contributed by atoms with Gasteiger partial charge in [-0.15, -0.1) is 0 Å². The molecule has 2 aliphatic heterocycles. The first-order valence-electron chi connectivity index (χ1n) is 9.86. The molecule has 172 valence electrons.